The fraction of sp³-hybridized carbons (Fsp3) is 0.536. The molecule has 1 fully saturated rings. The third-order valence-electron chi connectivity index (χ3n) is 6.01. The maximum absolute atomic E-state index is 8.78. The average Bonchev–Trinajstić information content (AvgIpc) is 3.45. The predicted octanol–water partition coefficient (Wildman–Crippen LogP) is 8.30. The molecule has 2 heteroatoms. The van der Waals surface area contributed by atoms with Crippen molar-refractivity contribution in [3.63, 3.8) is 0 Å². The molecule has 1 unspecified atom stereocenters. The molecule has 1 spiro atoms. The van der Waals surface area contributed by atoms with Crippen molar-refractivity contribution in [2.24, 2.45) is 10.9 Å². The summed E-state index contributed by atoms with van der Waals surface area (Å²) in [5.74, 6) is 1.49. The van der Waals surface area contributed by atoms with Crippen LogP contribution >= 0.6 is 0 Å². The summed E-state index contributed by atoms with van der Waals surface area (Å²) in [6, 6.07) is 16.8. The summed E-state index contributed by atoms with van der Waals surface area (Å²) >= 11 is 0. The molecule has 1 saturated carbocycles. The van der Waals surface area contributed by atoms with Crippen molar-refractivity contribution >= 4 is 11.4 Å². The lowest BCUT2D eigenvalue weighted by atomic mass is 9.67. The third-order valence-corrected chi connectivity index (χ3v) is 6.01. The number of fused-ring (bicyclic) bond motifs is 3. The topological polar surface area (TPSA) is 21.6 Å². The Morgan fingerprint density at radius 3 is 2.27 bits per heavy atom. The monoisotopic (exact) mass is 409 g/mol. The summed E-state index contributed by atoms with van der Waals surface area (Å²) in [7, 11) is 0. The SMILES string of the molecule is CC.CC.CC.[3H]C(C1=Nc2ccccc2C1)C1CCC2(CC1)COc1ccccc12. The van der Waals surface area contributed by atoms with Gasteiger partial charge in [0.25, 0.3) is 0 Å². The zero-order valence-electron chi connectivity index (χ0n) is 20.9. The molecule has 2 aromatic carbocycles. The molecule has 0 N–H and O–H groups in total. The van der Waals surface area contributed by atoms with E-state index in [1.807, 2.05) is 47.6 Å². The molecule has 0 amide bonds. The minimum absolute atomic E-state index is 0.165. The Hall–Kier alpha value is -2.09. The fourth-order valence-electron chi connectivity index (χ4n) is 4.62. The van der Waals surface area contributed by atoms with Crippen molar-refractivity contribution in [2.75, 3.05) is 6.61 Å². The first-order chi connectivity index (χ1) is 15.3. The van der Waals surface area contributed by atoms with Gasteiger partial charge in [-0.3, -0.25) is 4.99 Å². The number of ether oxygens (including phenoxy) is 1. The third kappa shape index (κ3) is 5.14. The van der Waals surface area contributed by atoms with E-state index in [0.29, 0.717) is 5.92 Å². The van der Waals surface area contributed by atoms with Crippen molar-refractivity contribution < 1.29 is 6.11 Å². The van der Waals surface area contributed by atoms with Crippen molar-refractivity contribution in [2.45, 2.75) is 85.5 Å². The highest BCUT2D eigenvalue weighted by Crippen LogP contribution is 2.49. The van der Waals surface area contributed by atoms with E-state index in [2.05, 4.69) is 42.5 Å². The Kier molecular flexibility index (Phi) is 8.99. The lowest BCUT2D eigenvalue weighted by molar-refractivity contribution is 0.183. The Bertz CT molecular complexity index is 836. The normalized spacial score (nSPS) is 24.1. The maximum atomic E-state index is 8.78. The van der Waals surface area contributed by atoms with Gasteiger partial charge in [-0.15, -0.1) is 0 Å². The first-order valence-corrected chi connectivity index (χ1v) is 12.1. The molecule has 0 radical (unpaired) electrons. The van der Waals surface area contributed by atoms with Crippen molar-refractivity contribution in [3.05, 3.63) is 59.7 Å². The van der Waals surface area contributed by atoms with E-state index in [0.717, 1.165) is 55.9 Å². The van der Waals surface area contributed by atoms with E-state index >= 15 is 0 Å². The largest absolute Gasteiger partial charge is 0.492 e. The lowest BCUT2D eigenvalue weighted by Gasteiger charge is -2.36. The second kappa shape index (κ2) is 11.9. The summed E-state index contributed by atoms with van der Waals surface area (Å²) in [5, 5.41) is 0. The minimum atomic E-state index is -0.165. The van der Waals surface area contributed by atoms with E-state index in [-0.39, 0.29) is 11.8 Å². The van der Waals surface area contributed by atoms with Crippen LogP contribution in [-0.2, 0) is 11.8 Å². The first-order valence-electron chi connectivity index (χ1n) is 12.6. The standard InChI is InChI=1S/C22H23NO.3C2H6/c1-3-7-20-17(5-1)14-18(23-20)13-16-9-11-22(12-10-16)15-24-21-8-4-2-6-19(21)22;3*1-2/h1-8,16H,9-15H2;3*1-2H3/i13T;;;. The Morgan fingerprint density at radius 1 is 0.933 bits per heavy atom. The van der Waals surface area contributed by atoms with E-state index in [1.165, 1.54) is 11.1 Å². The van der Waals surface area contributed by atoms with Crippen LogP contribution in [0.2, 0.25) is 0 Å². The molecule has 5 rings (SSSR count). The van der Waals surface area contributed by atoms with Gasteiger partial charge in [0.15, 0.2) is 0 Å². The number of hydrogen-bond acceptors (Lipinski definition) is 2. The highest BCUT2D eigenvalue weighted by Gasteiger charge is 2.43. The number of rotatable bonds is 2. The van der Waals surface area contributed by atoms with Crippen LogP contribution in [0.25, 0.3) is 0 Å². The van der Waals surface area contributed by atoms with E-state index in [4.69, 9.17) is 11.1 Å². The molecule has 164 valence electrons. The number of nitrogens with zero attached hydrogens (tertiary/aromatic N) is 1. The van der Waals surface area contributed by atoms with Gasteiger partial charge in [-0.25, -0.2) is 0 Å². The van der Waals surface area contributed by atoms with Gasteiger partial charge in [-0.05, 0) is 55.7 Å². The number of hydrogen-bond donors (Lipinski definition) is 0. The van der Waals surface area contributed by atoms with Crippen LogP contribution in [0, 0.1) is 5.92 Å². The number of benzene rings is 2. The van der Waals surface area contributed by atoms with Crippen molar-refractivity contribution in [1.29, 1.82) is 0 Å². The predicted molar refractivity (Wildman–Crippen MR) is 131 cm³/mol. The van der Waals surface area contributed by atoms with Crippen molar-refractivity contribution in [1.82, 2.24) is 0 Å². The summed E-state index contributed by atoms with van der Waals surface area (Å²) in [6.45, 7) is 12.8. The van der Waals surface area contributed by atoms with Crippen LogP contribution < -0.4 is 4.74 Å². The van der Waals surface area contributed by atoms with Crippen LogP contribution in [0.3, 0.4) is 0 Å². The molecule has 1 atom stereocenters. The van der Waals surface area contributed by atoms with Gasteiger partial charge in [0, 0.05) is 24.5 Å². The molecule has 3 aliphatic rings. The van der Waals surface area contributed by atoms with Crippen LogP contribution in [-0.4, -0.2) is 12.3 Å². The maximum Gasteiger partial charge on any atom is 0.123 e. The van der Waals surface area contributed by atoms with Crippen LogP contribution in [0.5, 0.6) is 5.75 Å². The molecular formula is C28H41NO. The van der Waals surface area contributed by atoms with E-state index in [9.17, 15) is 0 Å². The smallest absolute Gasteiger partial charge is 0.123 e. The molecule has 0 bridgehead atoms. The molecule has 0 aromatic heterocycles. The Morgan fingerprint density at radius 2 is 1.57 bits per heavy atom. The van der Waals surface area contributed by atoms with Crippen molar-refractivity contribution in [3.8, 4) is 5.75 Å². The fourth-order valence-corrected chi connectivity index (χ4v) is 4.62. The highest BCUT2D eigenvalue weighted by atomic mass is 16.5. The van der Waals surface area contributed by atoms with E-state index < -0.39 is 0 Å². The second-order valence-corrected chi connectivity index (χ2v) is 7.48. The molecule has 1 aliphatic carbocycles. The minimum Gasteiger partial charge on any atom is -0.492 e. The molecular weight excluding hydrogens is 366 g/mol. The lowest BCUT2D eigenvalue weighted by Crippen LogP contribution is -2.33. The van der Waals surface area contributed by atoms with Gasteiger partial charge in [0.2, 0.25) is 0 Å². The van der Waals surface area contributed by atoms with Gasteiger partial charge in [0.05, 0.1) is 12.3 Å². The molecule has 0 saturated heterocycles. The average molecular weight is 410 g/mol. The molecule has 2 aliphatic heterocycles. The van der Waals surface area contributed by atoms with Crippen LogP contribution in [0.4, 0.5) is 5.69 Å². The van der Waals surface area contributed by atoms with Gasteiger partial charge in [-0.2, -0.15) is 0 Å². The zero-order valence-corrected chi connectivity index (χ0v) is 19.9. The Balaban J connectivity index is 0.000000527. The van der Waals surface area contributed by atoms with Gasteiger partial charge in [-0.1, -0.05) is 77.9 Å². The molecule has 30 heavy (non-hydrogen) atoms. The zero-order chi connectivity index (χ0) is 22.9. The highest BCUT2D eigenvalue weighted by molar-refractivity contribution is 5.94. The summed E-state index contributed by atoms with van der Waals surface area (Å²) in [4.78, 5) is 4.76. The summed E-state index contributed by atoms with van der Waals surface area (Å²) < 4.78 is 14.7. The summed E-state index contributed by atoms with van der Waals surface area (Å²) in [5.41, 5.74) is 4.99. The quantitative estimate of drug-likeness (QED) is 0.488. The first kappa shape index (κ1) is 22.6. The Labute approximate surface area is 186 Å². The second-order valence-electron chi connectivity index (χ2n) is 7.48. The van der Waals surface area contributed by atoms with Gasteiger partial charge >= 0.3 is 0 Å². The summed E-state index contributed by atoms with van der Waals surface area (Å²) in [6.07, 6.45) is 5.15. The van der Waals surface area contributed by atoms with Gasteiger partial charge in [0.1, 0.15) is 5.75 Å². The molecule has 2 nitrogen and oxygen atoms in total. The van der Waals surface area contributed by atoms with Crippen LogP contribution in [0.1, 0.15) is 86.1 Å². The van der Waals surface area contributed by atoms with Gasteiger partial charge < -0.3 is 4.74 Å². The van der Waals surface area contributed by atoms with Crippen LogP contribution in [0.15, 0.2) is 53.5 Å². The molecule has 2 heterocycles. The van der Waals surface area contributed by atoms with E-state index in [1.54, 1.807) is 0 Å². The molecule has 2 aromatic rings. The number of aliphatic imine (C=N–C) groups is 1. The number of para-hydroxylation sites is 2.